The molecule has 4 rings (SSSR count). The van der Waals surface area contributed by atoms with Crippen molar-refractivity contribution in [3.8, 4) is 0 Å². The molecule has 0 bridgehead atoms. The molecule has 3 N–H and O–H groups in total. The van der Waals surface area contributed by atoms with E-state index in [1.165, 1.54) is 0 Å². The maximum Gasteiger partial charge on any atom is 0.281 e. The van der Waals surface area contributed by atoms with E-state index in [-0.39, 0.29) is 0 Å². The summed E-state index contributed by atoms with van der Waals surface area (Å²) in [6.45, 7) is 0.489. The molecule has 0 saturated heterocycles. The number of benzene rings is 2. The molecular formula is C19H17ClN4O2. The summed E-state index contributed by atoms with van der Waals surface area (Å²) >= 11 is 6.10. The van der Waals surface area contributed by atoms with Gasteiger partial charge in [-0.15, -0.1) is 5.10 Å². The molecule has 7 heteroatoms. The Bertz CT molecular complexity index is 984. The summed E-state index contributed by atoms with van der Waals surface area (Å²) in [5.74, 6) is -0.168. The van der Waals surface area contributed by atoms with Gasteiger partial charge in [0.15, 0.2) is 0 Å². The second-order valence-electron chi connectivity index (χ2n) is 6.06. The van der Waals surface area contributed by atoms with Crippen LogP contribution in [0.5, 0.6) is 0 Å². The molecule has 132 valence electrons. The number of aromatic amines is 1. The number of ether oxygens (including phenoxy) is 1. The van der Waals surface area contributed by atoms with Crippen molar-refractivity contribution in [3.05, 3.63) is 70.9 Å². The third kappa shape index (κ3) is 3.11. The Labute approximate surface area is 155 Å². The summed E-state index contributed by atoms with van der Waals surface area (Å²) in [4.78, 5) is 15.0. The van der Waals surface area contributed by atoms with Crippen LogP contribution in [0.1, 0.15) is 11.1 Å². The van der Waals surface area contributed by atoms with Crippen molar-refractivity contribution in [2.24, 2.45) is 10.8 Å². The number of primary amides is 1. The van der Waals surface area contributed by atoms with Gasteiger partial charge in [0.1, 0.15) is 0 Å². The average Bonchev–Trinajstić information content (AvgIpc) is 3.24. The standard InChI is InChI=1S/C19H17ClN4O2/c20-14-6-7-16-15(10-14)13(11-22-16)8-9-24-19(17(21)25)26-18(23-24)12-4-2-1-3-5-12/h1-7,10-11,19,22H,8-9H2,(H2,21,25). The molecule has 6 nitrogen and oxygen atoms in total. The van der Waals surface area contributed by atoms with Crippen molar-refractivity contribution in [2.45, 2.75) is 12.6 Å². The highest BCUT2D eigenvalue weighted by Crippen LogP contribution is 2.24. The van der Waals surface area contributed by atoms with Crippen molar-refractivity contribution in [1.82, 2.24) is 9.99 Å². The lowest BCUT2D eigenvalue weighted by molar-refractivity contribution is -0.131. The van der Waals surface area contributed by atoms with E-state index in [1.807, 2.05) is 54.7 Å². The highest BCUT2D eigenvalue weighted by atomic mass is 35.5. The van der Waals surface area contributed by atoms with E-state index in [9.17, 15) is 4.79 Å². The number of nitrogens with two attached hydrogens (primary N) is 1. The van der Waals surface area contributed by atoms with Crippen molar-refractivity contribution >= 4 is 34.3 Å². The number of H-pyrrole nitrogens is 1. The molecule has 26 heavy (non-hydrogen) atoms. The Morgan fingerprint density at radius 1 is 1.27 bits per heavy atom. The number of amides is 1. The van der Waals surface area contributed by atoms with Crippen LogP contribution in [0.3, 0.4) is 0 Å². The first-order valence-corrected chi connectivity index (χ1v) is 8.62. The molecule has 1 aliphatic heterocycles. The number of nitrogens with zero attached hydrogens (tertiary/aromatic N) is 2. The lowest BCUT2D eigenvalue weighted by atomic mass is 10.1. The quantitative estimate of drug-likeness (QED) is 0.726. The van der Waals surface area contributed by atoms with Gasteiger partial charge in [-0.2, -0.15) is 0 Å². The molecule has 0 radical (unpaired) electrons. The molecule has 0 aliphatic carbocycles. The topological polar surface area (TPSA) is 83.7 Å². The second kappa shape index (κ2) is 6.72. The molecule has 1 unspecified atom stereocenters. The number of carbonyl (C=O) groups is 1. The fourth-order valence-electron chi connectivity index (χ4n) is 3.03. The fraction of sp³-hybridized carbons (Fsp3) is 0.158. The molecule has 0 spiro atoms. The van der Waals surface area contributed by atoms with Crippen LogP contribution in [0.15, 0.2) is 59.8 Å². The van der Waals surface area contributed by atoms with E-state index in [4.69, 9.17) is 22.1 Å². The summed E-state index contributed by atoms with van der Waals surface area (Å²) in [7, 11) is 0. The van der Waals surface area contributed by atoms with Crippen LogP contribution in [0, 0.1) is 0 Å². The van der Waals surface area contributed by atoms with Crippen LogP contribution in [0.25, 0.3) is 10.9 Å². The number of halogens is 1. The molecule has 0 fully saturated rings. The molecule has 1 aliphatic rings. The van der Waals surface area contributed by atoms with Crippen LogP contribution in [-0.2, 0) is 16.0 Å². The molecule has 2 aromatic carbocycles. The van der Waals surface area contributed by atoms with Gasteiger partial charge in [-0.05, 0) is 42.3 Å². The molecule has 1 amide bonds. The van der Waals surface area contributed by atoms with Crippen molar-refractivity contribution < 1.29 is 9.53 Å². The van der Waals surface area contributed by atoms with Crippen LogP contribution in [-0.4, -0.2) is 34.6 Å². The summed E-state index contributed by atoms with van der Waals surface area (Å²) in [6, 6.07) is 15.1. The fourth-order valence-corrected chi connectivity index (χ4v) is 3.20. The first-order chi connectivity index (χ1) is 12.6. The maximum atomic E-state index is 11.8. The zero-order valence-electron chi connectivity index (χ0n) is 13.9. The van der Waals surface area contributed by atoms with E-state index < -0.39 is 12.1 Å². The van der Waals surface area contributed by atoms with Crippen molar-refractivity contribution in [1.29, 1.82) is 0 Å². The minimum Gasteiger partial charge on any atom is -0.441 e. The molecule has 1 atom stereocenters. The van der Waals surface area contributed by atoms with Crippen LogP contribution in [0.4, 0.5) is 0 Å². The average molecular weight is 369 g/mol. The van der Waals surface area contributed by atoms with E-state index >= 15 is 0 Å². The first-order valence-electron chi connectivity index (χ1n) is 8.24. The van der Waals surface area contributed by atoms with Crippen LogP contribution >= 0.6 is 11.6 Å². The number of carbonyl (C=O) groups excluding carboxylic acids is 1. The Kier molecular flexibility index (Phi) is 4.26. The van der Waals surface area contributed by atoms with Gasteiger partial charge < -0.3 is 15.5 Å². The number of hydrazone groups is 1. The summed E-state index contributed by atoms with van der Waals surface area (Å²) in [5.41, 5.74) is 8.40. The number of fused-ring (bicyclic) bond motifs is 1. The van der Waals surface area contributed by atoms with Gasteiger partial charge in [0, 0.05) is 34.2 Å². The normalized spacial score (nSPS) is 16.6. The monoisotopic (exact) mass is 368 g/mol. The maximum absolute atomic E-state index is 11.8. The predicted octanol–water partition coefficient (Wildman–Crippen LogP) is 2.87. The van der Waals surface area contributed by atoms with Gasteiger partial charge in [0.05, 0.1) is 0 Å². The molecular weight excluding hydrogens is 352 g/mol. The smallest absolute Gasteiger partial charge is 0.281 e. The Morgan fingerprint density at radius 2 is 2.08 bits per heavy atom. The number of aromatic nitrogens is 1. The summed E-state index contributed by atoms with van der Waals surface area (Å²) < 4.78 is 5.67. The number of hydrogen-bond donors (Lipinski definition) is 2. The van der Waals surface area contributed by atoms with E-state index in [2.05, 4.69) is 10.1 Å². The van der Waals surface area contributed by atoms with Gasteiger partial charge in [-0.25, -0.2) is 5.01 Å². The largest absolute Gasteiger partial charge is 0.441 e. The van der Waals surface area contributed by atoms with Gasteiger partial charge in [-0.3, -0.25) is 4.79 Å². The number of nitrogens with one attached hydrogen (secondary N) is 1. The lowest BCUT2D eigenvalue weighted by Gasteiger charge is -2.18. The minimum atomic E-state index is -0.904. The molecule has 0 saturated carbocycles. The molecule has 1 aromatic heterocycles. The minimum absolute atomic E-state index is 0.399. The zero-order valence-corrected chi connectivity index (χ0v) is 14.6. The third-order valence-corrected chi connectivity index (χ3v) is 4.55. The number of hydrogen-bond acceptors (Lipinski definition) is 4. The van der Waals surface area contributed by atoms with E-state index in [0.717, 1.165) is 22.0 Å². The lowest BCUT2D eigenvalue weighted by Crippen LogP contribution is -2.41. The summed E-state index contributed by atoms with van der Waals surface area (Å²) in [6.07, 6.45) is 1.71. The highest BCUT2D eigenvalue weighted by molar-refractivity contribution is 6.31. The van der Waals surface area contributed by atoms with E-state index in [1.54, 1.807) is 5.01 Å². The highest BCUT2D eigenvalue weighted by Gasteiger charge is 2.33. The van der Waals surface area contributed by atoms with Gasteiger partial charge in [0.25, 0.3) is 12.1 Å². The second-order valence-corrected chi connectivity index (χ2v) is 6.50. The zero-order chi connectivity index (χ0) is 18.1. The molecule has 2 heterocycles. The Balaban J connectivity index is 1.56. The Hall–Kier alpha value is -2.99. The van der Waals surface area contributed by atoms with Crippen LogP contribution < -0.4 is 5.73 Å². The van der Waals surface area contributed by atoms with Gasteiger partial charge in [-0.1, -0.05) is 29.8 Å². The first kappa shape index (κ1) is 16.5. The van der Waals surface area contributed by atoms with Gasteiger partial charge in [0.2, 0.25) is 5.90 Å². The van der Waals surface area contributed by atoms with Gasteiger partial charge >= 0.3 is 0 Å². The Morgan fingerprint density at radius 3 is 2.85 bits per heavy atom. The third-order valence-electron chi connectivity index (χ3n) is 4.32. The van der Waals surface area contributed by atoms with Crippen LogP contribution in [0.2, 0.25) is 5.02 Å². The molecule has 3 aromatic rings. The van der Waals surface area contributed by atoms with Crippen molar-refractivity contribution in [3.63, 3.8) is 0 Å². The summed E-state index contributed by atoms with van der Waals surface area (Å²) in [5, 5.41) is 7.78. The number of rotatable bonds is 5. The SMILES string of the molecule is NC(=O)C1OC(c2ccccc2)=NN1CCc1c[nH]c2ccc(Cl)cc12. The predicted molar refractivity (Wildman–Crippen MR) is 101 cm³/mol. The van der Waals surface area contributed by atoms with Crippen molar-refractivity contribution in [2.75, 3.05) is 6.54 Å². The van der Waals surface area contributed by atoms with E-state index in [0.29, 0.717) is 23.9 Å².